The van der Waals surface area contributed by atoms with Crippen molar-refractivity contribution in [2.75, 3.05) is 20.2 Å². The molecule has 2 aromatic heterocycles. The van der Waals surface area contributed by atoms with E-state index in [2.05, 4.69) is 15.1 Å². The van der Waals surface area contributed by atoms with Gasteiger partial charge in [-0.15, -0.1) is 0 Å². The third-order valence-corrected chi connectivity index (χ3v) is 3.44. The SMILES string of the molecule is COc1ccc(-c2noc(CCN3CCCC3=O)n2)cn1. The Balaban J connectivity index is 1.63. The molecule has 0 saturated carbocycles. The number of aromatic nitrogens is 3. The first-order valence-corrected chi connectivity index (χ1v) is 6.87. The third-order valence-electron chi connectivity index (χ3n) is 3.44. The first-order valence-electron chi connectivity index (χ1n) is 6.87. The van der Waals surface area contributed by atoms with Gasteiger partial charge in [-0.25, -0.2) is 4.98 Å². The largest absolute Gasteiger partial charge is 0.481 e. The van der Waals surface area contributed by atoms with E-state index in [1.165, 1.54) is 0 Å². The summed E-state index contributed by atoms with van der Waals surface area (Å²) in [6, 6.07) is 3.57. The van der Waals surface area contributed by atoms with E-state index < -0.39 is 0 Å². The molecule has 21 heavy (non-hydrogen) atoms. The molecule has 3 heterocycles. The van der Waals surface area contributed by atoms with Gasteiger partial charge in [0.15, 0.2) is 0 Å². The van der Waals surface area contributed by atoms with Crippen LogP contribution in [0.1, 0.15) is 18.7 Å². The Hall–Kier alpha value is -2.44. The maximum Gasteiger partial charge on any atom is 0.228 e. The van der Waals surface area contributed by atoms with E-state index in [0.717, 1.165) is 18.5 Å². The Morgan fingerprint density at radius 1 is 1.43 bits per heavy atom. The van der Waals surface area contributed by atoms with E-state index >= 15 is 0 Å². The van der Waals surface area contributed by atoms with Gasteiger partial charge in [-0.05, 0) is 12.5 Å². The minimum Gasteiger partial charge on any atom is -0.481 e. The molecule has 0 aliphatic carbocycles. The maximum absolute atomic E-state index is 11.5. The van der Waals surface area contributed by atoms with Crippen molar-refractivity contribution in [2.45, 2.75) is 19.3 Å². The average molecular weight is 288 g/mol. The van der Waals surface area contributed by atoms with Gasteiger partial charge >= 0.3 is 0 Å². The molecule has 1 saturated heterocycles. The Morgan fingerprint density at radius 3 is 3.00 bits per heavy atom. The monoisotopic (exact) mass is 288 g/mol. The summed E-state index contributed by atoms with van der Waals surface area (Å²) < 4.78 is 10.2. The summed E-state index contributed by atoms with van der Waals surface area (Å²) >= 11 is 0. The van der Waals surface area contributed by atoms with Crippen molar-refractivity contribution in [2.24, 2.45) is 0 Å². The summed E-state index contributed by atoms with van der Waals surface area (Å²) in [5.74, 6) is 1.76. The molecule has 2 aromatic rings. The Kier molecular flexibility index (Phi) is 3.81. The van der Waals surface area contributed by atoms with Crippen molar-refractivity contribution in [3.8, 4) is 17.3 Å². The molecular formula is C14H16N4O3. The van der Waals surface area contributed by atoms with Gasteiger partial charge in [-0.2, -0.15) is 4.98 Å². The van der Waals surface area contributed by atoms with Crippen LogP contribution in [0.4, 0.5) is 0 Å². The highest BCUT2D eigenvalue weighted by Gasteiger charge is 2.20. The average Bonchev–Trinajstić information content (AvgIpc) is 3.14. The fraction of sp³-hybridized carbons (Fsp3) is 0.429. The van der Waals surface area contributed by atoms with Crippen LogP contribution in [0.5, 0.6) is 5.88 Å². The van der Waals surface area contributed by atoms with Crippen molar-refractivity contribution in [3.05, 3.63) is 24.2 Å². The van der Waals surface area contributed by atoms with Crippen LogP contribution < -0.4 is 4.74 Å². The molecule has 1 aliphatic rings. The van der Waals surface area contributed by atoms with Crippen LogP contribution in [0.2, 0.25) is 0 Å². The minimum absolute atomic E-state index is 0.203. The highest BCUT2D eigenvalue weighted by atomic mass is 16.5. The number of carbonyl (C=O) groups is 1. The van der Waals surface area contributed by atoms with E-state index in [4.69, 9.17) is 9.26 Å². The molecule has 3 rings (SSSR count). The lowest BCUT2D eigenvalue weighted by molar-refractivity contribution is -0.127. The maximum atomic E-state index is 11.5. The summed E-state index contributed by atoms with van der Waals surface area (Å²) in [6.45, 7) is 1.45. The summed E-state index contributed by atoms with van der Waals surface area (Å²) in [6.07, 6.45) is 3.79. The molecule has 0 atom stereocenters. The van der Waals surface area contributed by atoms with E-state index in [1.54, 1.807) is 19.4 Å². The predicted octanol–water partition coefficient (Wildman–Crippen LogP) is 1.31. The fourth-order valence-electron chi connectivity index (χ4n) is 2.28. The van der Waals surface area contributed by atoms with Crippen LogP contribution in [0.25, 0.3) is 11.4 Å². The smallest absolute Gasteiger partial charge is 0.228 e. The lowest BCUT2D eigenvalue weighted by atomic mass is 10.3. The number of carbonyl (C=O) groups excluding carboxylic acids is 1. The lowest BCUT2D eigenvalue weighted by Gasteiger charge is -2.13. The molecule has 1 aliphatic heterocycles. The number of hydrogen-bond acceptors (Lipinski definition) is 6. The second kappa shape index (κ2) is 5.90. The number of pyridine rings is 1. The number of methoxy groups -OCH3 is 1. The van der Waals surface area contributed by atoms with Crippen molar-refractivity contribution >= 4 is 5.91 Å². The third kappa shape index (κ3) is 3.01. The fourth-order valence-corrected chi connectivity index (χ4v) is 2.28. The quantitative estimate of drug-likeness (QED) is 0.825. The van der Waals surface area contributed by atoms with E-state index in [0.29, 0.717) is 37.0 Å². The van der Waals surface area contributed by atoms with Gasteiger partial charge in [0.2, 0.25) is 23.5 Å². The molecule has 0 bridgehead atoms. The van der Waals surface area contributed by atoms with Gasteiger partial charge in [-0.1, -0.05) is 5.16 Å². The number of likely N-dealkylation sites (tertiary alicyclic amines) is 1. The van der Waals surface area contributed by atoms with Gasteiger partial charge in [0.25, 0.3) is 0 Å². The summed E-state index contributed by atoms with van der Waals surface area (Å²) in [7, 11) is 1.56. The first kappa shape index (κ1) is 13.5. The predicted molar refractivity (Wildman–Crippen MR) is 73.6 cm³/mol. The van der Waals surface area contributed by atoms with Crippen molar-refractivity contribution in [1.82, 2.24) is 20.0 Å². The van der Waals surface area contributed by atoms with Gasteiger partial charge in [-0.3, -0.25) is 4.79 Å². The summed E-state index contributed by atoms with van der Waals surface area (Å²) in [5.41, 5.74) is 0.767. The number of hydrogen-bond donors (Lipinski definition) is 0. The molecule has 110 valence electrons. The summed E-state index contributed by atoms with van der Waals surface area (Å²) in [4.78, 5) is 21.8. The topological polar surface area (TPSA) is 81.4 Å². The molecule has 0 N–H and O–H groups in total. The number of ether oxygens (including phenoxy) is 1. The molecule has 1 fully saturated rings. The highest BCUT2D eigenvalue weighted by Crippen LogP contribution is 2.17. The van der Waals surface area contributed by atoms with Crippen LogP contribution in [-0.4, -0.2) is 46.1 Å². The zero-order chi connectivity index (χ0) is 14.7. The summed E-state index contributed by atoms with van der Waals surface area (Å²) in [5, 5.41) is 3.94. The minimum atomic E-state index is 0.203. The van der Waals surface area contributed by atoms with Gasteiger partial charge < -0.3 is 14.2 Å². The molecule has 0 radical (unpaired) electrons. The Morgan fingerprint density at radius 2 is 2.33 bits per heavy atom. The first-order chi connectivity index (χ1) is 10.3. The molecule has 0 spiro atoms. The molecule has 7 nitrogen and oxygen atoms in total. The van der Waals surface area contributed by atoms with Crippen molar-refractivity contribution < 1.29 is 14.1 Å². The molecule has 0 aromatic carbocycles. The zero-order valence-electron chi connectivity index (χ0n) is 11.8. The van der Waals surface area contributed by atoms with Gasteiger partial charge in [0.05, 0.1) is 7.11 Å². The lowest BCUT2D eigenvalue weighted by Crippen LogP contribution is -2.26. The molecule has 0 unspecified atom stereocenters. The van der Waals surface area contributed by atoms with Gasteiger partial charge in [0, 0.05) is 43.8 Å². The molecule has 1 amide bonds. The second-order valence-corrected chi connectivity index (χ2v) is 4.84. The van der Waals surface area contributed by atoms with Crippen LogP contribution in [-0.2, 0) is 11.2 Å². The molecule has 7 heteroatoms. The van der Waals surface area contributed by atoms with E-state index in [-0.39, 0.29) is 5.91 Å². The van der Waals surface area contributed by atoms with Crippen LogP contribution in [0.3, 0.4) is 0 Å². The Labute approximate surface area is 121 Å². The van der Waals surface area contributed by atoms with E-state index in [9.17, 15) is 4.79 Å². The second-order valence-electron chi connectivity index (χ2n) is 4.84. The van der Waals surface area contributed by atoms with Gasteiger partial charge in [0.1, 0.15) is 0 Å². The van der Waals surface area contributed by atoms with Crippen molar-refractivity contribution in [3.63, 3.8) is 0 Å². The Bertz CT molecular complexity index is 623. The van der Waals surface area contributed by atoms with Crippen LogP contribution in [0.15, 0.2) is 22.9 Å². The highest BCUT2D eigenvalue weighted by molar-refractivity contribution is 5.78. The van der Waals surface area contributed by atoms with Crippen LogP contribution in [0, 0.1) is 0 Å². The number of nitrogens with zero attached hydrogens (tertiary/aromatic N) is 4. The normalized spacial score (nSPS) is 14.7. The number of rotatable bonds is 5. The van der Waals surface area contributed by atoms with Crippen molar-refractivity contribution in [1.29, 1.82) is 0 Å². The standard InChI is InChI=1S/C14H16N4O3/c1-20-11-5-4-10(9-15-11)14-16-12(21-17-14)6-8-18-7-2-3-13(18)19/h4-5,9H,2-3,6-8H2,1H3. The zero-order valence-corrected chi connectivity index (χ0v) is 11.8. The van der Waals surface area contributed by atoms with E-state index in [1.807, 2.05) is 11.0 Å². The number of amides is 1. The van der Waals surface area contributed by atoms with Crippen LogP contribution >= 0.6 is 0 Å². The molecular weight excluding hydrogens is 272 g/mol.